The van der Waals surface area contributed by atoms with Gasteiger partial charge in [-0.3, -0.25) is 0 Å². The number of fused-ring (bicyclic) bond motifs is 3. The summed E-state index contributed by atoms with van der Waals surface area (Å²) in [5.74, 6) is 1.78. The monoisotopic (exact) mass is 322 g/mol. The number of hydrazone groups is 1. The predicted octanol–water partition coefficient (Wildman–Crippen LogP) is 4.58. The highest BCUT2D eigenvalue weighted by molar-refractivity contribution is 7.10. The van der Waals surface area contributed by atoms with Crippen molar-refractivity contribution >= 4 is 17.0 Å². The zero-order chi connectivity index (χ0) is 15.2. The van der Waals surface area contributed by atoms with Gasteiger partial charge in [-0.2, -0.15) is 5.10 Å². The quantitative estimate of drug-likeness (QED) is 0.693. The number of benzene rings is 1. The smallest absolute Gasteiger partial charge is 0.222 e. The summed E-state index contributed by atoms with van der Waals surface area (Å²) >= 11 is 1.69. The normalized spacial score (nSPS) is 22.3. The van der Waals surface area contributed by atoms with Gasteiger partial charge in [0, 0.05) is 12.0 Å². The Balaban J connectivity index is 1.62. The van der Waals surface area contributed by atoms with Crippen LogP contribution in [0.5, 0.6) is 5.75 Å². The van der Waals surface area contributed by atoms with Crippen molar-refractivity contribution in [1.29, 1.82) is 0 Å². The van der Waals surface area contributed by atoms with Gasteiger partial charge in [-0.15, -0.1) is 11.3 Å². The molecular formula is C18H14N2O2S. The summed E-state index contributed by atoms with van der Waals surface area (Å²) in [6.45, 7) is 0. The van der Waals surface area contributed by atoms with E-state index in [1.54, 1.807) is 17.6 Å². The number of furan rings is 1. The highest BCUT2D eigenvalue weighted by Crippen LogP contribution is 2.47. The second-order valence-electron chi connectivity index (χ2n) is 5.65. The number of hydrogen-bond donors (Lipinski definition) is 0. The third-order valence-electron chi connectivity index (χ3n) is 4.29. The third kappa shape index (κ3) is 2.00. The largest absolute Gasteiger partial charge is 0.464 e. The number of ether oxygens (including phenoxy) is 1. The van der Waals surface area contributed by atoms with Gasteiger partial charge in [0.05, 0.1) is 17.2 Å². The van der Waals surface area contributed by atoms with E-state index in [0.29, 0.717) is 0 Å². The maximum atomic E-state index is 6.25. The van der Waals surface area contributed by atoms with Crippen molar-refractivity contribution < 1.29 is 9.15 Å². The van der Waals surface area contributed by atoms with Crippen LogP contribution in [0.15, 0.2) is 69.7 Å². The minimum Gasteiger partial charge on any atom is -0.464 e. The molecule has 5 heteroatoms. The summed E-state index contributed by atoms with van der Waals surface area (Å²) in [6.07, 6.45) is 2.34. The SMILES string of the molecule is c1coc(C2=NN3[C@@H](C2)c2ccccc2O[C@H]3c2cccs2)c1. The summed E-state index contributed by atoms with van der Waals surface area (Å²) in [4.78, 5) is 1.16. The first-order valence-corrected chi connectivity index (χ1v) is 8.47. The lowest BCUT2D eigenvalue weighted by Gasteiger charge is -2.37. The van der Waals surface area contributed by atoms with Crippen LogP contribution in [0, 0.1) is 0 Å². The van der Waals surface area contributed by atoms with Crippen molar-refractivity contribution in [3.8, 4) is 5.75 Å². The maximum Gasteiger partial charge on any atom is 0.222 e. The molecule has 2 aliphatic heterocycles. The van der Waals surface area contributed by atoms with E-state index in [0.717, 1.165) is 28.5 Å². The third-order valence-corrected chi connectivity index (χ3v) is 5.19. The van der Waals surface area contributed by atoms with E-state index in [1.165, 1.54) is 5.56 Å². The molecule has 23 heavy (non-hydrogen) atoms. The van der Waals surface area contributed by atoms with E-state index in [1.807, 2.05) is 30.3 Å². The zero-order valence-corrected chi connectivity index (χ0v) is 13.1. The van der Waals surface area contributed by atoms with Gasteiger partial charge in [0.25, 0.3) is 0 Å². The minimum atomic E-state index is -0.178. The molecule has 3 aromatic rings. The van der Waals surface area contributed by atoms with E-state index >= 15 is 0 Å². The van der Waals surface area contributed by atoms with Crippen molar-refractivity contribution in [3.63, 3.8) is 0 Å². The summed E-state index contributed by atoms with van der Waals surface area (Å²) < 4.78 is 11.8. The first kappa shape index (κ1) is 13.0. The molecule has 1 aromatic carbocycles. The second kappa shape index (κ2) is 4.99. The molecule has 0 spiro atoms. The molecule has 2 atom stereocenters. The minimum absolute atomic E-state index is 0.178. The predicted molar refractivity (Wildman–Crippen MR) is 88.6 cm³/mol. The van der Waals surface area contributed by atoms with E-state index < -0.39 is 0 Å². The fourth-order valence-electron chi connectivity index (χ4n) is 3.25. The van der Waals surface area contributed by atoms with Gasteiger partial charge in [0.1, 0.15) is 17.2 Å². The molecule has 0 N–H and O–H groups in total. The lowest BCUT2D eigenvalue weighted by atomic mass is 9.98. The van der Waals surface area contributed by atoms with Gasteiger partial charge in [0.15, 0.2) is 0 Å². The molecule has 5 rings (SSSR count). The van der Waals surface area contributed by atoms with Gasteiger partial charge < -0.3 is 9.15 Å². The fraction of sp³-hybridized carbons (Fsp3) is 0.167. The molecule has 114 valence electrons. The Kier molecular flexibility index (Phi) is 2.81. The number of para-hydroxylation sites is 1. The van der Waals surface area contributed by atoms with Crippen molar-refractivity contribution in [2.75, 3.05) is 0 Å². The Morgan fingerprint density at radius 3 is 2.87 bits per heavy atom. The van der Waals surface area contributed by atoms with E-state index in [2.05, 4.69) is 28.6 Å². The van der Waals surface area contributed by atoms with Crippen LogP contribution in [0.4, 0.5) is 0 Å². The molecule has 0 unspecified atom stereocenters. The average Bonchev–Trinajstić information content (AvgIpc) is 3.34. The second-order valence-corrected chi connectivity index (χ2v) is 6.63. The molecule has 0 bridgehead atoms. The summed E-state index contributed by atoms with van der Waals surface area (Å²) in [7, 11) is 0. The Morgan fingerprint density at radius 1 is 1.09 bits per heavy atom. The number of nitrogens with zero attached hydrogens (tertiary/aromatic N) is 2. The van der Waals surface area contributed by atoms with Crippen molar-refractivity contribution in [2.45, 2.75) is 18.7 Å². The average molecular weight is 322 g/mol. The first-order valence-electron chi connectivity index (χ1n) is 7.59. The van der Waals surface area contributed by atoms with Crippen LogP contribution in [0.1, 0.15) is 34.9 Å². The molecular weight excluding hydrogens is 308 g/mol. The first-order chi connectivity index (χ1) is 11.4. The molecule has 0 radical (unpaired) electrons. The number of rotatable bonds is 2. The van der Waals surface area contributed by atoms with Gasteiger partial charge in [-0.1, -0.05) is 24.3 Å². The van der Waals surface area contributed by atoms with Crippen LogP contribution in [0.2, 0.25) is 0 Å². The van der Waals surface area contributed by atoms with E-state index in [9.17, 15) is 0 Å². The van der Waals surface area contributed by atoms with Crippen molar-refractivity contribution in [1.82, 2.24) is 5.01 Å². The van der Waals surface area contributed by atoms with Gasteiger partial charge >= 0.3 is 0 Å². The van der Waals surface area contributed by atoms with Gasteiger partial charge in [0.2, 0.25) is 6.23 Å². The maximum absolute atomic E-state index is 6.25. The number of hydrogen-bond acceptors (Lipinski definition) is 5. The highest BCUT2D eigenvalue weighted by Gasteiger charge is 2.41. The summed E-state index contributed by atoms with van der Waals surface area (Å²) in [5.41, 5.74) is 2.16. The van der Waals surface area contributed by atoms with E-state index in [-0.39, 0.29) is 12.3 Å². The van der Waals surface area contributed by atoms with Crippen LogP contribution in [-0.4, -0.2) is 10.7 Å². The topological polar surface area (TPSA) is 38.0 Å². The molecule has 4 heterocycles. The Bertz CT molecular complexity index is 855. The molecule has 0 saturated heterocycles. The highest BCUT2D eigenvalue weighted by atomic mass is 32.1. The van der Waals surface area contributed by atoms with Crippen LogP contribution in [-0.2, 0) is 0 Å². The van der Waals surface area contributed by atoms with Crippen molar-refractivity contribution in [2.24, 2.45) is 5.10 Å². The molecule has 0 amide bonds. The Morgan fingerprint density at radius 2 is 2.04 bits per heavy atom. The standard InChI is InChI=1S/C18H14N2O2S/c1-2-6-15-12(5-1)14-11-13(16-7-3-9-21-16)19-20(14)18(22-15)17-8-4-10-23-17/h1-10,14,18H,11H2/t14-,18-/m0/s1. The van der Waals surface area contributed by atoms with Gasteiger partial charge in [-0.25, -0.2) is 5.01 Å². The fourth-order valence-corrected chi connectivity index (χ4v) is 3.99. The van der Waals surface area contributed by atoms with Crippen LogP contribution in [0.3, 0.4) is 0 Å². The lowest BCUT2D eigenvalue weighted by Crippen LogP contribution is -2.33. The lowest BCUT2D eigenvalue weighted by molar-refractivity contribution is -0.0165. The number of thiophene rings is 1. The summed E-state index contributed by atoms with van der Waals surface area (Å²) in [5, 5.41) is 8.97. The Labute approximate surface area is 137 Å². The van der Waals surface area contributed by atoms with Crippen LogP contribution < -0.4 is 4.74 Å². The van der Waals surface area contributed by atoms with E-state index in [4.69, 9.17) is 14.3 Å². The molecule has 0 fully saturated rings. The van der Waals surface area contributed by atoms with Crippen LogP contribution in [0.25, 0.3) is 0 Å². The zero-order valence-electron chi connectivity index (χ0n) is 12.3. The summed E-state index contributed by atoms with van der Waals surface area (Å²) in [6, 6.07) is 16.4. The molecule has 2 aromatic heterocycles. The Hall–Kier alpha value is -2.53. The molecule has 0 saturated carbocycles. The molecule has 4 nitrogen and oxygen atoms in total. The van der Waals surface area contributed by atoms with Crippen LogP contribution >= 0.6 is 11.3 Å². The molecule has 2 aliphatic rings. The molecule has 0 aliphatic carbocycles. The van der Waals surface area contributed by atoms with Gasteiger partial charge in [-0.05, 0) is 29.6 Å². The van der Waals surface area contributed by atoms with Crippen molar-refractivity contribution in [3.05, 3.63) is 76.4 Å².